The van der Waals surface area contributed by atoms with Crippen LogP contribution in [0.25, 0.3) is 11.3 Å². The molecule has 1 N–H and O–H groups in total. The number of nitrogens with one attached hydrogen (secondary N) is 1. The maximum Gasteiger partial charge on any atom is 0.134 e. The van der Waals surface area contributed by atoms with Crippen molar-refractivity contribution < 1.29 is 4.39 Å². The van der Waals surface area contributed by atoms with Gasteiger partial charge in [0.15, 0.2) is 0 Å². The molecule has 0 unspecified atom stereocenters. The summed E-state index contributed by atoms with van der Waals surface area (Å²) < 4.78 is 13.9. The summed E-state index contributed by atoms with van der Waals surface area (Å²) in [7, 11) is 1.77. The summed E-state index contributed by atoms with van der Waals surface area (Å²) >= 11 is 5.76. The van der Waals surface area contributed by atoms with Crippen LogP contribution in [0.4, 0.5) is 10.2 Å². The molecule has 1 heterocycles. The summed E-state index contributed by atoms with van der Waals surface area (Å²) in [4.78, 5) is 8.76. The quantitative estimate of drug-likeness (QED) is 0.919. The number of benzene rings is 1. The molecular formula is C14H15ClFN3. The van der Waals surface area contributed by atoms with Gasteiger partial charge in [0.05, 0.1) is 5.69 Å². The second-order valence-corrected chi connectivity index (χ2v) is 4.96. The van der Waals surface area contributed by atoms with Crippen LogP contribution in [0.2, 0.25) is 5.02 Å². The van der Waals surface area contributed by atoms with Crippen molar-refractivity contribution in [3.63, 3.8) is 0 Å². The zero-order valence-corrected chi connectivity index (χ0v) is 11.8. The molecule has 0 amide bonds. The first-order valence-corrected chi connectivity index (χ1v) is 6.41. The molecule has 0 bridgehead atoms. The molecule has 0 aliphatic rings. The largest absolute Gasteiger partial charge is 0.373 e. The highest BCUT2D eigenvalue weighted by Gasteiger charge is 2.12. The second-order valence-electron chi connectivity index (χ2n) is 4.53. The average molecular weight is 280 g/mol. The fourth-order valence-corrected chi connectivity index (χ4v) is 1.85. The van der Waals surface area contributed by atoms with E-state index >= 15 is 0 Å². The number of rotatable bonds is 3. The Hall–Kier alpha value is -1.68. The first-order valence-electron chi connectivity index (χ1n) is 6.03. The monoisotopic (exact) mass is 279 g/mol. The van der Waals surface area contributed by atoms with Crippen molar-refractivity contribution in [3.05, 3.63) is 40.9 Å². The van der Waals surface area contributed by atoms with Gasteiger partial charge in [-0.15, -0.1) is 0 Å². The highest BCUT2D eigenvalue weighted by Crippen LogP contribution is 2.26. The second kappa shape index (κ2) is 5.53. The fourth-order valence-electron chi connectivity index (χ4n) is 1.69. The van der Waals surface area contributed by atoms with Crippen molar-refractivity contribution in [2.45, 2.75) is 19.8 Å². The van der Waals surface area contributed by atoms with Crippen molar-refractivity contribution in [3.8, 4) is 11.3 Å². The van der Waals surface area contributed by atoms with Gasteiger partial charge in [-0.05, 0) is 18.2 Å². The molecular weight excluding hydrogens is 265 g/mol. The van der Waals surface area contributed by atoms with Gasteiger partial charge < -0.3 is 5.32 Å². The first-order chi connectivity index (χ1) is 9.01. The minimum atomic E-state index is -0.386. The lowest BCUT2D eigenvalue weighted by Crippen LogP contribution is -2.03. The van der Waals surface area contributed by atoms with Crippen LogP contribution >= 0.6 is 11.6 Å². The van der Waals surface area contributed by atoms with Gasteiger partial charge in [-0.1, -0.05) is 25.4 Å². The van der Waals surface area contributed by atoms with E-state index < -0.39 is 0 Å². The number of aromatic nitrogens is 2. The van der Waals surface area contributed by atoms with Gasteiger partial charge in [0.25, 0.3) is 0 Å². The Morgan fingerprint density at radius 2 is 1.95 bits per heavy atom. The zero-order valence-electron chi connectivity index (χ0n) is 11.0. The van der Waals surface area contributed by atoms with Crippen molar-refractivity contribution in [2.24, 2.45) is 0 Å². The van der Waals surface area contributed by atoms with E-state index in [4.69, 9.17) is 11.6 Å². The van der Waals surface area contributed by atoms with E-state index in [-0.39, 0.29) is 11.7 Å². The standard InChI is InChI=1S/C14H15ClFN3/c1-8(2)14-18-12(7-13(17-3)19-14)10-5-4-9(15)6-11(10)16/h4-8H,1-3H3,(H,17,18,19). The first kappa shape index (κ1) is 13.7. The van der Waals surface area contributed by atoms with Crippen LogP contribution in [0.15, 0.2) is 24.3 Å². The van der Waals surface area contributed by atoms with Crippen molar-refractivity contribution in [2.75, 3.05) is 12.4 Å². The molecule has 0 aliphatic heterocycles. The molecule has 19 heavy (non-hydrogen) atoms. The van der Waals surface area contributed by atoms with Gasteiger partial charge in [0.1, 0.15) is 17.5 Å². The average Bonchev–Trinajstić information content (AvgIpc) is 2.38. The molecule has 1 aromatic carbocycles. The molecule has 0 fully saturated rings. The Morgan fingerprint density at radius 3 is 2.53 bits per heavy atom. The van der Waals surface area contributed by atoms with E-state index in [2.05, 4.69) is 15.3 Å². The van der Waals surface area contributed by atoms with Crippen LogP contribution < -0.4 is 5.32 Å². The lowest BCUT2D eigenvalue weighted by molar-refractivity contribution is 0.630. The SMILES string of the molecule is CNc1cc(-c2ccc(Cl)cc2F)nc(C(C)C)n1. The predicted octanol–water partition coefficient (Wildman–Crippen LogP) is 4.10. The zero-order chi connectivity index (χ0) is 14.0. The summed E-state index contributed by atoms with van der Waals surface area (Å²) in [6.07, 6.45) is 0. The van der Waals surface area contributed by atoms with E-state index in [0.717, 1.165) is 0 Å². The summed E-state index contributed by atoms with van der Waals surface area (Å²) in [6.45, 7) is 3.99. The number of halogens is 2. The third-order valence-corrected chi connectivity index (χ3v) is 2.96. The van der Waals surface area contributed by atoms with Crippen molar-refractivity contribution in [1.29, 1.82) is 0 Å². The number of nitrogens with zero attached hydrogens (tertiary/aromatic N) is 2. The van der Waals surface area contributed by atoms with Gasteiger partial charge >= 0.3 is 0 Å². The Balaban J connectivity index is 2.57. The summed E-state index contributed by atoms with van der Waals surface area (Å²) in [5.74, 6) is 1.13. The molecule has 0 radical (unpaired) electrons. The Morgan fingerprint density at radius 1 is 1.21 bits per heavy atom. The van der Waals surface area contributed by atoms with Crippen LogP contribution in [0.3, 0.4) is 0 Å². The Labute approximate surface area is 116 Å². The molecule has 2 rings (SSSR count). The normalized spacial score (nSPS) is 10.8. The van der Waals surface area contributed by atoms with E-state index in [1.807, 2.05) is 13.8 Å². The molecule has 3 nitrogen and oxygen atoms in total. The molecule has 100 valence electrons. The minimum absolute atomic E-state index is 0.169. The molecule has 0 atom stereocenters. The van der Waals surface area contributed by atoms with E-state index in [1.54, 1.807) is 25.2 Å². The number of anilines is 1. The molecule has 1 aromatic heterocycles. The lowest BCUT2D eigenvalue weighted by Gasteiger charge is -2.10. The fraction of sp³-hybridized carbons (Fsp3) is 0.286. The van der Waals surface area contributed by atoms with E-state index in [9.17, 15) is 4.39 Å². The molecule has 2 aromatic rings. The maximum absolute atomic E-state index is 13.9. The van der Waals surface area contributed by atoms with Gasteiger partial charge in [-0.25, -0.2) is 14.4 Å². The third kappa shape index (κ3) is 3.01. The highest BCUT2D eigenvalue weighted by atomic mass is 35.5. The van der Waals surface area contributed by atoms with Crippen LogP contribution in [0.5, 0.6) is 0 Å². The van der Waals surface area contributed by atoms with Gasteiger partial charge in [0, 0.05) is 29.6 Å². The van der Waals surface area contributed by atoms with E-state index in [1.165, 1.54) is 6.07 Å². The van der Waals surface area contributed by atoms with E-state index in [0.29, 0.717) is 27.9 Å². The molecule has 5 heteroatoms. The number of hydrogen-bond donors (Lipinski definition) is 1. The molecule has 0 saturated carbocycles. The van der Waals surface area contributed by atoms with Crippen molar-refractivity contribution >= 4 is 17.4 Å². The Kier molecular flexibility index (Phi) is 4.00. The van der Waals surface area contributed by atoms with Crippen molar-refractivity contribution in [1.82, 2.24) is 9.97 Å². The van der Waals surface area contributed by atoms with Gasteiger partial charge in [0.2, 0.25) is 0 Å². The van der Waals surface area contributed by atoms with Gasteiger partial charge in [-0.2, -0.15) is 0 Å². The van der Waals surface area contributed by atoms with Crippen LogP contribution in [0, 0.1) is 5.82 Å². The highest BCUT2D eigenvalue weighted by molar-refractivity contribution is 6.30. The molecule has 0 saturated heterocycles. The predicted molar refractivity (Wildman–Crippen MR) is 76.1 cm³/mol. The summed E-state index contributed by atoms with van der Waals surface area (Å²) in [6, 6.07) is 6.28. The lowest BCUT2D eigenvalue weighted by atomic mass is 10.1. The summed E-state index contributed by atoms with van der Waals surface area (Å²) in [5.41, 5.74) is 0.974. The smallest absolute Gasteiger partial charge is 0.134 e. The van der Waals surface area contributed by atoms with Crippen LogP contribution in [-0.4, -0.2) is 17.0 Å². The third-order valence-electron chi connectivity index (χ3n) is 2.72. The van der Waals surface area contributed by atoms with Crippen LogP contribution in [-0.2, 0) is 0 Å². The van der Waals surface area contributed by atoms with Gasteiger partial charge in [-0.3, -0.25) is 0 Å². The molecule has 0 spiro atoms. The summed E-state index contributed by atoms with van der Waals surface area (Å²) in [5, 5.41) is 3.33. The topological polar surface area (TPSA) is 37.8 Å². The minimum Gasteiger partial charge on any atom is -0.373 e. The van der Waals surface area contributed by atoms with Crippen LogP contribution in [0.1, 0.15) is 25.6 Å². The number of hydrogen-bond acceptors (Lipinski definition) is 3. The maximum atomic E-state index is 13.9. The molecule has 0 aliphatic carbocycles. The Bertz CT molecular complexity index is 599.